The van der Waals surface area contributed by atoms with Crippen LogP contribution in [-0.4, -0.2) is 48.8 Å². The first kappa shape index (κ1) is 13.5. The Morgan fingerprint density at radius 1 is 1.47 bits per heavy atom. The van der Waals surface area contributed by atoms with Crippen LogP contribution in [0.25, 0.3) is 0 Å². The number of carboxylic acid groups (broad SMARTS) is 1. The molecule has 6 heteroatoms. The SMILES string of the molecule is C#CCNCC(=O)NCC1CCC(C(=O)O)O1. The van der Waals surface area contributed by atoms with Crippen molar-refractivity contribution in [3.8, 4) is 12.3 Å². The average Bonchev–Trinajstić information content (AvgIpc) is 2.75. The molecule has 1 heterocycles. The van der Waals surface area contributed by atoms with Gasteiger partial charge in [-0.05, 0) is 12.8 Å². The minimum Gasteiger partial charge on any atom is -0.479 e. The van der Waals surface area contributed by atoms with Gasteiger partial charge in [-0.15, -0.1) is 6.42 Å². The third-order valence-electron chi connectivity index (χ3n) is 2.42. The Bertz CT molecular complexity index is 324. The molecule has 0 aromatic rings. The van der Waals surface area contributed by atoms with Gasteiger partial charge in [-0.2, -0.15) is 0 Å². The minimum absolute atomic E-state index is 0.152. The van der Waals surface area contributed by atoms with Crippen LogP contribution in [0, 0.1) is 12.3 Å². The molecule has 0 aromatic heterocycles. The Labute approximate surface area is 99.7 Å². The molecule has 1 aliphatic rings. The van der Waals surface area contributed by atoms with Crippen LogP contribution in [-0.2, 0) is 14.3 Å². The van der Waals surface area contributed by atoms with Crippen LogP contribution in [0.4, 0.5) is 0 Å². The minimum atomic E-state index is -0.950. The van der Waals surface area contributed by atoms with Crippen molar-refractivity contribution >= 4 is 11.9 Å². The number of carbonyl (C=O) groups excluding carboxylic acids is 1. The second kappa shape index (κ2) is 6.89. The van der Waals surface area contributed by atoms with Gasteiger partial charge in [0.1, 0.15) is 0 Å². The molecular formula is C11H16N2O4. The van der Waals surface area contributed by atoms with Crippen LogP contribution in [0.15, 0.2) is 0 Å². The van der Waals surface area contributed by atoms with Gasteiger partial charge in [0.2, 0.25) is 5.91 Å². The maximum Gasteiger partial charge on any atom is 0.332 e. The van der Waals surface area contributed by atoms with Gasteiger partial charge in [-0.25, -0.2) is 4.79 Å². The van der Waals surface area contributed by atoms with Gasteiger partial charge in [0.05, 0.1) is 19.2 Å². The Morgan fingerprint density at radius 2 is 2.24 bits per heavy atom. The van der Waals surface area contributed by atoms with Crippen LogP contribution in [0.3, 0.4) is 0 Å². The highest BCUT2D eigenvalue weighted by atomic mass is 16.5. The fourth-order valence-electron chi connectivity index (χ4n) is 1.58. The van der Waals surface area contributed by atoms with Gasteiger partial charge < -0.3 is 15.2 Å². The lowest BCUT2D eigenvalue weighted by Gasteiger charge is -2.12. The molecule has 2 atom stereocenters. The van der Waals surface area contributed by atoms with E-state index in [1.807, 2.05) is 0 Å². The molecule has 0 aromatic carbocycles. The molecule has 1 fully saturated rings. The molecule has 1 aliphatic heterocycles. The first-order valence-electron chi connectivity index (χ1n) is 5.42. The summed E-state index contributed by atoms with van der Waals surface area (Å²) in [4.78, 5) is 21.9. The molecule has 0 aliphatic carbocycles. The second-order valence-corrected chi connectivity index (χ2v) is 3.77. The van der Waals surface area contributed by atoms with Gasteiger partial charge in [-0.1, -0.05) is 5.92 Å². The highest BCUT2D eigenvalue weighted by Gasteiger charge is 2.30. The summed E-state index contributed by atoms with van der Waals surface area (Å²) in [7, 11) is 0. The number of amides is 1. The van der Waals surface area contributed by atoms with E-state index in [4.69, 9.17) is 16.3 Å². The molecule has 1 rings (SSSR count). The molecule has 6 nitrogen and oxygen atoms in total. The number of ether oxygens (including phenoxy) is 1. The van der Waals surface area contributed by atoms with Crippen molar-refractivity contribution in [2.24, 2.45) is 0 Å². The standard InChI is InChI=1S/C11H16N2O4/c1-2-5-12-7-10(14)13-6-8-3-4-9(17-8)11(15)16/h1,8-9,12H,3-7H2,(H,13,14)(H,15,16). The maximum absolute atomic E-state index is 11.3. The van der Waals surface area contributed by atoms with Gasteiger partial charge in [0, 0.05) is 6.54 Å². The van der Waals surface area contributed by atoms with Crippen molar-refractivity contribution in [3.05, 3.63) is 0 Å². The van der Waals surface area contributed by atoms with Crippen molar-refractivity contribution < 1.29 is 19.4 Å². The zero-order chi connectivity index (χ0) is 12.7. The normalized spacial score (nSPS) is 23.0. The Morgan fingerprint density at radius 3 is 2.82 bits per heavy atom. The van der Waals surface area contributed by atoms with Crippen molar-refractivity contribution in [1.82, 2.24) is 10.6 Å². The number of hydrogen-bond acceptors (Lipinski definition) is 4. The van der Waals surface area contributed by atoms with E-state index >= 15 is 0 Å². The predicted molar refractivity (Wildman–Crippen MR) is 60.2 cm³/mol. The third-order valence-corrected chi connectivity index (χ3v) is 2.42. The molecule has 1 amide bonds. The molecule has 3 N–H and O–H groups in total. The maximum atomic E-state index is 11.3. The van der Waals surface area contributed by atoms with Crippen LogP contribution < -0.4 is 10.6 Å². The largest absolute Gasteiger partial charge is 0.479 e. The summed E-state index contributed by atoms with van der Waals surface area (Å²) in [5, 5.41) is 14.1. The fraction of sp³-hybridized carbons (Fsp3) is 0.636. The molecule has 2 unspecified atom stereocenters. The van der Waals surface area contributed by atoms with E-state index in [0.29, 0.717) is 25.9 Å². The summed E-state index contributed by atoms with van der Waals surface area (Å²) in [5.74, 6) is 1.23. The third kappa shape index (κ3) is 4.85. The molecule has 1 saturated heterocycles. The van der Waals surface area contributed by atoms with Crippen molar-refractivity contribution in [1.29, 1.82) is 0 Å². The summed E-state index contributed by atoms with van der Waals surface area (Å²) in [6.07, 6.45) is 5.20. The van der Waals surface area contributed by atoms with E-state index in [-0.39, 0.29) is 18.6 Å². The van der Waals surface area contributed by atoms with Crippen LogP contribution in [0.1, 0.15) is 12.8 Å². The van der Waals surface area contributed by atoms with Crippen LogP contribution in [0.5, 0.6) is 0 Å². The van der Waals surface area contributed by atoms with E-state index in [1.165, 1.54) is 0 Å². The average molecular weight is 240 g/mol. The summed E-state index contributed by atoms with van der Waals surface area (Å²) in [5.41, 5.74) is 0. The fourth-order valence-corrected chi connectivity index (χ4v) is 1.58. The molecule has 0 radical (unpaired) electrons. The zero-order valence-electron chi connectivity index (χ0n) is 9.44. The first-order valence-corrected chi connectivity index (χ1v) is 5.42. The van der Waals surface area contributed by atoms with E-state index in [1.54, 1.807) is 0 Å². The highest BCUT2D eigenvalue weighted by molar-refractivity contribution is 5.78. The Hall–Kier alpha value is -1.58. The number of aliphatic carboxylic acids is 1. The van der Waals surface area contributed by atoms with Gasteiger partial charge in [-0.3, -0.25) is 10.1 Å². The summed E-state index contributed by atoms with van der Waals surface area (Å²) >= 11 is 0. The van der Waals surface area contributed by atoms with E-state index in [2.05, 4.69) is 16.6 Å². The lowest BCUT2D eigenvalue weighted by atomic mass is 10.2. The first-order chi connectivity index (χ1) is 8.13. The monoisotopic (exact) mass is 240 g/mol. The number of nitrogens with one attached hydrogen (secondary N) is 2. The summed E-state index contributed by atoms with van der Waals surface area (Å²) < 4.78 is 5.23. The summed E-state index contributed by atoms with van der Waals surface area (Å²) in [6, 6.07) is 0. The second-order valence-electron chi connectivity index (χ2n) is 3.77. The predicted octanol–water partition coefficient (Wildman–Crippen LogP) is -1.04. The number of hydrogen-bond donors (Lipinski definition) is 3. The molecule has 17 heavy (non-hydrogen) atoms. The van der Waals surface area contributed by atoms with Gasteiger partial charge in [0.25, 0.3) is 0 Å². The lowest BCUT2D eigenvalue weighted by Crippen LogP contribution is -2.38. The van der Waals surface area contributed by atoms with Crippen molar-refractivity contribution in [2.45, 2.75) is 25.0 Å². The Kier molecular flexibility index (Phi) is 5.46. The summed E-state index contributed by atoms with van der Waals surface area (Å²) in [6.45, 7) is 0.827. The molecule has 0 bridgehead atoms. The molecule has 0 spiro atoms. The smallest absolute Gasteiger partial charge is 0.332 e. The molecule has 94 valence electrons. The van der Waals surface area contributed by atoms with E-state index in [0.717, 1.165) is 0 Å². The molecular weight excluding hydrogens is 224 g/mol. The number of terminal acetylenes is 1. The quantitative estimate of drug-likeness (QED) is 0.407. The zero-order valence-corrected chi connectivity index (χ0v) is 9.44. The van der Waals surface area contributed by atoms with Crippen LogP contribution in [0.2, 0.25) is 0 Å². The number of rotatable bonds is 6. The molecule has 0 saturated carbocycles. The van der Waals surface area contributed by atoms with Gasteiger partial charge >= 0.3 is 5.97 Å². The topological polar surface area (TPSA) is 87.7 Å². The van der Waals surface area contributed by atoms with E-state index < -0.39 is 12.1 Å². The number of carbonyl (C=O) groups is 2. The van der Waals surface area contributed by atoms with Gasteiger partial charge in [0.15, 0.2) is 6.10 Å². The van der Waals surface area contributed by atoms with Crippen molar-refractivity contribution in [2.75, 3.05) is 19.6 Å². The number of carboxylic acids is 1. The lowest BCUT2D eigenvalue weighted by molar-refractivity contribution is -0.149. The van der Waals surface area contributed by atoms with Crippen LogP contribution >= 0.6 is 0 Å². The highest BCUT2D eigenvalue weighted by Crippen LogP contribution is 2.18. The van der Waals surface area contributed by atoms with Crippen molar-refractivity contribution in [3.63, 3.8) is 0 Å². The van der Waals surface area contributed by atoms with E-state index in [9.17, 15) is 9.59 Å². The Balaban J connectivity index is 2.13.